The Morgan fingerprint density at radius 1 is 1.11 bits per heavy atom. The van der Waals surface area contributed by atoms with Crippen molar-refractivity contribution in [1.29, 1.82) is 0 Å². The van der Waals surface area contributed by atoms with Gasteiger partial charge in [0.1, 0.15) is 0 Å². The van der Waals surface area contributed by atoms with E-state index in [1.165, 1.54) is 11.8 Å². The lowest BCUT2D eigenvalue weighted by atomic mass is 10.0. The number of H-pyrrole nitrogens is 1. The summed E-state index contributed by atoms with van der Waals surface area (Å²) in [6.45, 7) is 6.81. The van der Waals surface area contributed by atoms with E-state index in [4.69, 9.17) is 0 Å². The van der Waals surface area contributed by atoms with Gasteiger partial charge in [-0.05, 0) is 49.1 Å². The van der Waals surface area contributed by atoms with E-state index in [2.05, 4.69) is 42.9 Å². The van der Waals surface area contributed by atoms with Gasteiger partial charge in [-0.2, -0.15) is 0 Å². The summed E-state index contributed by atoms with van der Waals surface area (Å²) in [7, 11) is 0. The van der Waals surface area contributed by atoms with Crippen LogP contribution in [0.5, 0.6) is 0 Å². The second-order valence-corrected chi connectivity index (χ2v) is 7.00. The second kappa shape index (κ2) is 8.65. The first-order valence-corrected chi connectivity index (χ1v) is 9.50. The SMILES string of the molecule is CC[C@H](C)N(Cc1ccccc1C)C(=O)c1ccc(-c2cncc(=O)[nH]2)cc1. The Morgan fingerprint density at radius 3 is 2.46 bits per heavy atom. The van der Waals surface area contributed by atoms with Crippen LogP contribution in [-0.2, 0) is 6.54 Å². The molecule has 5 nitrogen and oxygen atoms in total. The van der Waals surface area contributed by atoms with Crippen molar-refractivity contribution in [3.05, 3.63) is 88.0 Å². The molecule has 0 saturated heterocycles. The third-order valence-corrected chi connectivity index (χ3v) is 5.08. The molecule has 0 spiro atoms. The molecule has 0 fully saturated rings. The quantitative estimate of drug-likeness (QED) is 0.703. The normalized spacial score (nSPS) is 11.8. The van der Waals surface area contributed by atoms with Crippen molar-refractivity contribution >= 4 is 5.91 Å². The number of nitrogens with zero attached hydrogens (tertiary/aromatic N) is 2. The predicted octanol–water partition coefficient (Wildman–Crippen LogP) is 4.19. The topological polar surface area (TPSA) is 66.1 Å². The van der Waals surface area contributed by atoms with Gasteiger partial charge in [0, 0.05) is 18.2 Å². The van der Waals surface area contributed by atoms with Crippen molar-refractivity contribution in [3.8, 4) is 11.3 Å². The number of aromatic amines is 1. The van der Waals surface area contributed by atoms with E-state index in [1.54, 1.807) is 18.3 Å². The summed E-state index contributed by atoms with van der Waals surface area (Å²) < 4.78 is 0. The van der Waals surface area contributed by atoms with Crippen LogP contribution in [0, 0.1) is 6.92 Å². The van der Waals surface area contributed by atoms with E-state index in [1.807, 2.05) is 29.2 Å². The number of aryl methyl sites for hydroxylation is 1. The molecular formula is C23H25N3O2. The van der Waals surface area contributed by atoms with Crippen molar-refractivity contribution < 1.29 is 4.79 Å². The summed E-state index contributed by atoms with van der Waals surface area (Å²) in [4.78, 5) is 33.3. The van der Waals surface area contributed by atoms with Crippen molar-refractivity contribution in [2.75, 3.05) is 0 Å². The van der Waals surface area contributed by atoms with E-state index in [0.717, 1.165) is 17.5 Å². The van der Waals surface area contributed by atoms with Crippen LogP contribution in [0.15, 0.2) is 65.7 Å². The number of rotatable bonds is 6. The molecule has 0 aliphatic carbocycles. The maximum Gasteiger partial charge on any atom is 0.266 e. The van der Waals surface area contributed by atoms with Gasteiger partial charge in [-0.1, -0.05) is 43.3 Å². The van der Waals surface area contributed by atoms with Crippen molar-refractivity contribution in [3.63, 3.8) is 0 Å². The highest BCUT2D eigenvalue weighted by atomic mass is 16.2. The lowest BCUT2D eigenvalue weighted by Gasteiger charge is -2.29. The number of hydrogen-bond acceptors (Lipinski definition) is 3. The van der Waals surface area contributed by atoms with Crippen LogP contribution in [0.1, 0.15) is 41.8 Å². The molecule has 144 valence electrons. The van der Waals surface area contributed by atoms with Crippen LogP contribution in [0.4, 0.5) is 0 Å². The first-order chi connectivity index (χ1) is 13.5. The smallest absolute Gasteiger partial charge is 0.266 e. The predicted molar refractivity (Wildman–Crippen MR) is 111 cm³/mol. The summed E-state index contributed by atoms with van der Waals surface area (Å²) >= 11 is 0. The zero-order valence-electron chi connectivity index (χ0n) is 16.5. The average molecular weight is 375 g/mol. The number of carbonyl (C=O) groups is 1. The van der Waals surface area contributed by atoms with Crippen LogP contribution in [0.2, 0.25) is 0 Å². The maximum atomic E-state index is 13.2. The van der Waals surface area contributed by atoms with Crippen LogP contribution in [0.25, 0.3) is 11.3 Å². The average Bonchev–Trinajstić information content (AvgIpc) is 2.72. The molecule has 1 amide bonds. The minimum absolute atomic E-state index is 0.00355. The minimum atomic E-state index is -0.251. The number of nitrogens with one attached hydrogen (secondary N) is 1. The highest BCUT2D eigenvalue weighted by molar-refractivity contribution is 5.94. The fourth-order valence-electron chi connectivity index (χ4n) is 3.10. The third-order valence-electron chi connectivity index (χ3n) is 5.08. The molecule has 0 bridgehead atoms. The Balaban J connectivity index is 1.86. The van der Waals surface area contributed by atoms with Gasteiger partial charge >= 0.3 is 0 Å². The van der Waals surface area contributed by atoms with E-state index >= 15 is 0 Å². The maximum absolute atomic E-state index is 13.2. The Kier molecular flexibility index (Phi) is 6.04. The largest absolute Gasteiger partial charge is 0.332 e. The van der Waals surface area contributed by atoms with Gasteiger partial charge in [-0.15, -0.1) is 0 Å². The van der Waals surface area contributed by atoms with Crippen LogP contribution >= 0.6 is 0 Å². The number of aromatic nitrogens is 2. The van der Waals surface area contributed by atoms with Crippen molar-refractivity contribution in [1.82, 2.24) is 14.9 Å². The third kappa shape index (κ3) is 4.36. The van der Waals surface area contributed by atoms with E-state index in [0.29, 0.717) is 17.8 Å². The highest BCUT2D eigenvalue weighted by Gasteiger charge is 2.21. The fraction of sp³-hybridized carbons (Fsp3) is 0.261. The Morgan fingerprint density at radius 2 is 1.82 bits per heavy atom. The molecule has 1 N–H and O–H groups in total. The molecule has 0 radical (unpaired) electrons. The molecule has 1 heterocycles. The van der Waals surface area contributed by atoms with Gasteiger partial charge < -0.3 is 9.88 Å². The molecule has 1 atom stereocenters. The molecule has 0 saturated carbocycles. The monoisotopic (exact) mass is 375 g/mol. The molecule has 3 aromatic rings. The summed E-state index contributed by atoms with van der Waals surface area (Å²) in [5, 5.41) is 0. The van der Waals surface area contributed by atoms with Gasteiger partial charge in [0.25, 0.3) is 11.5 Å². The first-order valence-electron chi connectivity index (χ1n) is 9.50. The summed E-state index contributed by atoms with van der Waals surface area (Å²) in [6.07, 6.45) is 3.71. The standard InChI is InChI=1S/C23H25N3O2/c1-4-17(3)26(15-20-8-6-5-7-16(20)2)23(28)19-11-9-18(10-12-19)21-13-24-14-22(27)25-21/h5-14,17H,4,15H2,1-3H3,(H,25,27)/t17-/m0/s1. The van der Waals surface area contributed by atoms with Crippen LogP contribution in [0.3, 0.4) is 0 Å². The number of carbonyl (C=O) groups excluding carboxylic acids is 1. The number of benzene rings is 2. The number of hydrogen-bond donors (Lipinski definition) is 1. The van der Waals surface area contributed by atoms with Gasteiger partial charge in [0.15, 0.2) is 0 Å². The van der Waals surface area contributed by atoms with Gasteiger partial charge in [0.2, 0.25) is 0 Å². The zero-order chi connectivity index (χ0) is 20.1. The Hall–Kier alpha value is -3.21. The molecule has 0 aliphatic heterocycles. The molecule has 0 unspecified atom stereocenters. The molecule has 5 heteroatoms. The van der Waals surface area contributed by atoms with Crippen LogP contribution < -0.4 is 5.56 Å². The number of amides is 1. The van der Waals surface area contributed by atoms with Gasteiger partial charge in [0.05, 0.1) is 18.1 Å². The van der Waals surface area contributed by atoms with Gasteiger partial charge in [-0.3, -0.25) is 14.6 Å². The molecule has 0 aliphatic rings. The van der Waals surface area contributed by atoms with E-state index < -0.39 is 0 Å². The summed E-state index contributed by atoms with van der Waals surface area (Å²) in [5.41, 5.74) is 4.16. The second-order valence-electron chi connectivity index (χ2n) is 7.00. The van der Waals surface area contributed by atoms with Crippen molar-refractivity contribution in [2.24, 2.45) is 0 Å². The molecule has 1 aromatic heterocycles. The minimum Gasteiger partial charge on any atom is -0.332 e. The zero-order valence-corrected chi connectivity index (χ0v) is 16.5. The summed E-state index contributed by atoms with van der Waals surface area (Å²) in [6, 6.07) is 15.6. The Labute approximate surface area is 165 Å². The lowest BCUT2D eigenvalue weighted by molar-refractivity contribution is 0.0671. The first kappa shape index (κ1) is 19.5. The summed E-state index contributed by atoms with van der Waals surface area (Å²) in [5.74, 6) is 0.00355. The fourth-order valence-corrected chi connectivity index (χ4v) is 3.10. The van der Waals surface area contributed by atoms with E-state index in [-0.39, 0.29) is 17.5 Å². The van der Waals surface area contributed by atoms with Crippen molar-refractivity contribution in [2.45, 2.75) is 39.8 Å². The lowest BCUT2D eigenvalue weighted by Crippen LogP contribution is -2.38. The highest BCUT2D eigenvalue weighted by Crippen LogP contribution is 2.20. The molecule has 2 aromatic carbocycles. The Bertz CT molecular complexity index is 1010. The van der Waals surface area contributed by atoms with E-state index in [9.17, 15) is 9.59 Å². The van der Waals surface area contributed by atoms with Gasteiger partial charge in [-0.25, -0.2) is 0 Å². The molecule has 3 rings (SSSR count). The molecule has 28 heavy (non-hydrogen) atoms. The van der Waals surface area contributed by atoms with Crippen LogP contribution in [-0.4, -0.2) is 26.8 Å². The molecular weight excluding hydrogens is 350 g/mol.